The Hall–Kier alpha value is -4.13. The number of primary amides is 1. The van der Waals surface area contributed by atoms with E-state index < -0.39 is 65.9 Å². The van der Waals surface area contributed by atoms with Gasteiger partial charge in [0, 0.05) is 11.4 Å². The maximum Gasteiger partial charge on any atom is 0.277 e. The zero-order valence-electron chi connectivity index (χ0n) is 21.4. The molecule has 0 unspecified atom stereocenters. The van der Waals surface area contributed by atoms with Crippen LogP contribution in [0.25, 0.3) is 5.69 Å². The van der Waals surface area contributed by atoms with Crippen LogP contribution < -0.4 is 20.3 Å². The SMILES string of the molecule is COc1ccc(-n2nc(C(N)=O)c3c2C(=O)N(c2ccc(N4CC(O)(O)C(O)(O)C(O)(O)C4)cc2)CC3(O)O)cc1. The monoisotopic (exact) mass is 573 g/mol. The Balaban J connectivity index is 1.52. The summed E-state index contributed by atoms with van der Waals surface area (Å²) in [4.78, 5) is 28.0. The summed E-state index contributed by atoms with van der Waals surface area (Å²) in [6.07, 6.45) is 0. The number of fused-ring (bicyclic) bond motifs is 1. The molecule has 2 aromatic carbocycles. The third kappa shape index (κ3) is 4.39. The molecule has 16 heteroatoms. The highest BCUT2D eigenvalue weighted by Gasteiger charge is 2.65. The summed E-state index contributed by atoms with van der Waals surface area (Å²) in [5.74, 6) is -14.4. The fourth-order valence-electron chi connectivity index (χ4n) is 4.94. The number of rotatable bonds is 5. The minimum Gasteiger partial charge on any atom is -0.497 e. The lowest BCUT2D eigenvalue weighted by atomic mass is 9.90. The molecule has 0 atom stereocenters. The standard InChI is InChI=1S/C25H27N5O11/c1-41-16-8-6-15(7-9-16)30-19-17(18(27-30)20(26)31)22(33,34)10-29(21(19)32)14-4-2-13(3-5-14)28-11-23(35,36)25(39,40)24(37,38)12-28/h2-9,33-40H,10-12H2,1H3,(H2,26,31). The van der Waals surface area contributed by atoms with Crippen LogP contribution in [0.2, 0.25) is 0 Å². The Bertz CT molecular complexity index is 1490. The topological polar surface area (TPSA) is 256 Å². The molecule has 218 valence electrons. The molecule has 3 aromatic rings. The summed E-state index contributed by atoms with van der Waals surface area (Å²) in [5.41, 5.74) is 4.72. The molecule has 1 aromatic heterocycles. The molecule has 2 amide bonds. The van der Waals surface area contributed by atoms with Gasteiger partial charge >= 0.3 is 0 Å². The van der Waals surface area contributed by atoms with Crippen molar-refractivity contribution in [2.45, 2.75) is 23.1 Å². The van der Waals surface area contributed by atoms with Crippen molar-refractivity contribution in [2.24, 2.45) is 5.73 Å². The van der Waals surface area contributed by atoms with Gasteiger partial charge in [0.2, 0.25) is 17.4 Å². The molecule has 0 spiro atoms. The van der Waals surface area contributed by atoms with E-state index in [4.69, 9.17) is 10.5 Å². The number of piperidine rings is 1. The molecule has 5 rings (SSSR count). The van der Waals surface area contributed by atoms with Crippen molar-refractivity contribution in [1.29, 1.82) is 0 Å². The Kier molecular flexibility index (Phi) is 6.37. The number of amides is 2. The molecule has 1 saturated heterocycles. The number of carbonyl (C=O) groups is 2. The molecule has 0 bridgehead atoms. The molecule has 10 N–H and O–H groups in total. The molecule has 3 heterocycles. The van der Waals surface area contributed by atoms with Crippen molar-refractivity contribution >= 4 is 23.2 Å². The van der Waals surface area contributed by atoms with Crippen molar-refractivity contribution in [1.82, 2.24) is 9.78 Å². The average molecular weight is 574 g/mol. The molecule has 16 nitrogen and oxygen atoms in total. The fourth-order valence-corrected chi connectivity index (χ4v) is 4.94. The summed E-state index contributed by atoms with van der Waals surface area (Å²) >= 11 is 0. The number of aromatic nitrogens is 2. The van der Waals surface area contributed by atoms with Crippen LogP contribution in [-0.4, -0.2) is 107 Å². The van der Waals surface area contributed by atoms with E-state index in [0.717, 1.165) is 14.5 Å². The van der Waals surface area contributed by atoms with Gasteiger partial charge in [-0.3, -0.25) is 9.59 Å². The molecule has 0 radical (unpaired) electrons. The fraction of sp³-hybridized carbons (Fsp3) is 0.320. The lowest BCUT2D eigenvalue weighted by Gasteiger charge is -2.51. The first-order valence-electron chi connectivity index (χ1n) is 12.0. The highest BCUT2D eigenvalue weighted by Crippen LogP contribution is 2.39. The predicted octanol–water partition coefficient (Wildman–Crippen LogP) is -3.36. The molecule has 0 aliphatic carbocycles. The quantitative estimate of drug-likeness (QED) is 0.135. The largest absolute Gasteiger partial charge is 0.497 e. The first-order valence-corrected chi connectivity index (χ1v) is 12.0. The number of anilines is 2. The third-order valence-electron chi connectivity index (χ3n) is 7.13. The van der Waals surface area contributed by atoms with E-state index in [1.54, 1.807) is 12.1 Å². The first-order chi connectivity index (χ1) is 19.0. The summed E-state index contributed by atoms with van der Waals surface area (Å²) in [7, 11) is 1.46. The maximum atomic E-state index is 13.8. The minimum atomic E-state index is -3.66. The lowest BCUT2D eigenvalue weighted by Crippen LogP contribution is -2.78. The van der Waals surface area contributed by atoms with Gasteiger partial charge in [-0.05, 0) is 48.5 Å². The zero-order valence-corrected chi connectivity index (χ0v) is 21.4. The van der Waals surface area contributed by atoms with Gasteiger partial charge in [-0.1, -0.05) is 0 Å². The molecule has 41 heavy (non-hydrogen) atoms. The Morgan fingerprint density at radius 3 is 1.85 bits per heavy atom. The van der Waals surface area contributed by atoms with Crippen molar-refractivity contribution in [2.75, 3.05) is 36.5 Å². The van der Waals surface area contributed by atoms with Gasteiger partial charge < -0.3 is 61.1 Å². The number of aliphatic hydroxyl groups is 8. The number of nitrogens with two attached hydrogens (primary N) is 1. The second kappa shape index (κ2) is 9.20. The van der Waals surface area contributed by atoms with Crippen LogP contribution in [0.4, 0.5) is 11.4 Å². The van der Waals surface area contributed by atoms with Crippen molar-refractivity contribution in [3.05, 3.63) is 65.5 Å². The third-order valence-corrected chi connectivity index (χ3v) is 7.13. The van der Waals surface area contributed by atoms with Gasteiger partial charge in [-0.2, -0.15) is 5.10 Å². The van der Waals surface area contributed by atoms with E-state index in [1.807, 2.05) is 0 Å². The summed E-state index contributed by atoms with van der Waals surface area (Å²) in [6.45, 7) is -2.39. The van der Waals surface area contributed by atoms with Gasteiger partial charge in [0.25, 0.3) is 17.6 Å². The molecule has 1 fully saturated rings. The highest BCUT2D eigenvalue weighted by atomic mass is 16.7. The summed E-state index contributed by atoms with van der Waals surface area (Å²) in [5, 5.41) is 85.9. The van der Waals surface area contributed by atoms with Gasteiger partial charge in [0.05, 0.1) is 38.0 Å². The maximum absolute atomic E-state index is 13.8. The summed E-state index contributed by atoms with van der Waals surface area (Å²) in [6, 6.07) is 11.6. The normalized spacial score (nSPS) is 20.5. The molecule has 2 aliphatic heterocycles. The molecular formula is C25H27N5O11. The number of nitrogens with zero attached hydrogens (tertiary/aromatic N) is 4. The van der Waals surface area contributed by atoms with Crippen LogP contribution in [-0.2, 0) is 5.79 Å². The van der Waals surface area contributed by atoms with E-state index >= 15 is 0 Å². The lowest BCUT2D eigenvalue weighted by molar-refractivity contribution is -0.455. The van der Waals surface area contributed by atoms with Crippen LogP contribution in [0.3, 0.4) is 0 Å². The van der Waals surface area contributed by atoms with Crippen LogP contribution in [0, 0.1) is 0 Å². The van der Waals surface area contributed by atoms with E-state index in [9.17, 15) is 50.4 Å². The predicted molar refractivity (Wildman–Crippen MR) is 137 cm³/mol. The second-order valence-electron chi connectivity index (χ2n) is 9.93. The molecular weight excluding hydrogens is 546 g/mol. The van der Waals surface area contributed by atoms with Gasteiger partial charge in [-0.15, -0.1) is 0 Å². The Morgan fingerprint density at radius 2 is 1.34 bits per heavy atom. The number of hydrogen-bond donors (Lipinski definition) is 9. The van der Waals surface area contributed by atoms with E-state index in [1.165, 1.54) is 43.5 Å². The number of ether oxygens (including phenoxy) is 1. The summed E-state index contributed by atoms with van der Waals surface area (Å²) < 4.78 is 6.20. The molecule has 0 saturated carbocycles. The number of hydrogen-bond acceptors (Lipinski definition) is 13. The molecule has 2 aliphatic rings. The van der Waals surface area contributed by atoms with Crippen LogP contribution in [0.15, 0.2) is 48.5 Å². The first kappa shape index (κ1) is 28.4. The highest BCUT2D eigenvalue weighted by molar-refractivity contribution is 6.10. The number of methoxy groups -OCH3 is 1. The number of β-amino-alcohol motifs (C(OH)–C–C–N with tert-alkyl or cyclic N) is 6. The average Bonchev–Trinajstić information content (AvgIpc) is 3.32. The van der Waals surface area contributed by atoms with Crippen molar-refractivity contribution in [3.8, 4) is 11.4 Å². The Labute approximate surface area is 230 Å². The van der Waals surface area contributed by atoms with Crippen molar-refractivity contribution < 1.29 is 55.2 Å². The zero-order chi connectivity index (χ0) is 30.1. The van der Waals surface area contributed by atoms with E-state index in [2.05, 4.69) is 5.10 Å². The smallest absolute Gasteiger partial charge is 0.277 e. The van der Waals surface area contributed by atoms with Crippen LogP contribution in [0.5, 0.6) is 5.75 Å². The van der Waals surface area contributed by atoms with E-state index in [0.29, 0.717) is 5.75 Å². The van der Waals surface area contributed by atoms with Crippen LogP contribution in [0.1, 0.15) is 26.5 Å². The van der Waals surface area contributed by atoms with Gasteiger partial charge in [0.15, 0.2) is 5.69 Å². The number of benzene rings is 2. The Morgan fingerprint density at radius 1 is 0.829 bits per heavy atom. The van der Waals surface area contributed by atoms with Crippen LogP contribution >= 0.6 is 0 Å². The second-order valence-corrected chi connectivity index (χ2v) is 9.93. The minimum absolute atomic E-state index is 0.133. The van der Waals surface area contributed by atoms with Gasteiger partial charge in [-0.25, -0.2) is 4.68 Å². The van der Waals surface area contributed by atoms with E-state index in [-0.39, 0.29) is 22.8 Å². The number of carbonyl (C=O) groups excluding carboxylic acids is 2. The van der Waals surface area contributed by atoms with Crippen molar-refractivity contribution in [3.63, 3.8) is 0 Å². The van der Waals surface area contributed by atoms with Gasteiger partial charge in [0.1, 0.15) is 11.4 Å².